The van der Waals surface area contributed by atoms with Crippen molar-refractivity contribution >= 4 is 18.2 Å². The lowest BCUT2D eigenvalue weighted by Gasteiger charge is -2.21. The van der Waals surface area contributed by atoms with Crippen molar-refractivity contribution in [2.75, 3.05) is 19.6 Å². The average Bonchev–Trinajstić information content (AvgIpc) is 2.87. The summed E-state index contributed by atoms with van der Waals surface area (Å²) in [6.45, 7) is 2.59. The summed E-state index contributed by atoms with van der Waals surface area (Å²) in [7, 11) is 0. The molecule has 2 atom stereocenters. The second kappa shape index (κ2) is 7.27. The molecule has 0 amide bonds. The molecule has 0 radical (unpaired) electrons. The van der Waals surface area contributed by atoms with Crippen molar-refractivity contribution in [3.05, 3.63) is 35.9 Å². The van der Waals surface area contributed by atoms with E-state index in [4.69, 9.17) is 0 Å². The molecule has 1 aliphatic rings. The first-order chi connectivity index (χ1) is 9.38. The van der Waals surface area contributed by atoms with Crippen molar-refractivity contribution < 1.29 is 18.0 Å². The van der Waals surface area contributed by atoms with Gasteiger partial charge < -0.3 is 4.90 Å². The minimum atomic E-state index is -4.12. The molecule has 118 valence electrons. The maximum atomic E-state index is 12.6. The number of ketones is 1. The molecule has 1 fully saturated rings. The third-order valence-corrected chi connectivity index (χ3v) is 3.77. The molecule has 21 heavy (non-hydrogen) atoms. The van der Waals surface area contributed by atoms with Crippen molar-refractivity contribution in [1.82, 2.24) is 4.90 Å². The number of likely N-dealkylation sites (tertiary alicyclic amines) is 1. The van der Waals surface area contributed by atoms with Gasteiger partial charge in [-0.2, -0.15) is 13.2 Å². The molecule has 6 heteroatoms. The molecule has 2 rings (SSSR count). The summed E-state index contributed by atoms with van der Waals surface area (Å²) in [5.41, 5.74) is 0.617. The van der Waals surface area contributed by atoms with Gasteiger partial charge in [0.25, 0.3) is 0 Å². The van der Waals surface area contributed by atoms with E-state index in [9.17, 15) is 18.0 Å². The van der Waals surface area contributed by atoms with E-state index >= 15 is 0 Å². The molecule has 0 N–H and O–H groups in total. The smallest absolute Gasteiger partial charge is 0.302 e. The number of Topliss-reactive ketones (excluding diaryl/α,β-unsaturated/α-hetero) is 1. The van der Waals surface area contributed by atoms with Crippen LogP contribution in [0.3, 0.4) is 0 Å². The van der Waals surface area contributed by atoms with E-state index in [0.29, 0.717) is 18.7 Å². The van der Waals surface area contributed by atoms with Gasteiger partial charge in [0.1, 0.15) is 0 Å². The van der Waals surface area contributed by atoms with Crippen molar-refractivity contribution in [2.24, 2.45) is 11.8 Å². The molecule has 1 heterocycles. The summed E-state index contributed by atoms with van der Waals surface area (Å²) in [6.07, 6.45) is -3.99. The summed E-state index contributed by atoms with van der Waals surface area (Å²) in [5, 5.41) is 0. The van der Waals surface area contributed by atoms with Gasteiger partial charge >= 0.3 is 6.18 Å². The molecule has 0 aliphatic carbocycles. The zero-order valence-corrected chi connectivity index (χ0v) is 12.6. The first-order valence-electron chi connectivity index (χ1n) is 6.76. The summed E-state index contributed by atoms with van der Waals surface area (Å²) in [4.78, 5) is 13.9. The van der Waals surface area contributed by atoms with Crippen LogP contribution in [-0.4, -0.2) is 36.5 Å². The average molecular weight is 322 g/mol. The molecule has 1 aromatic carbocycles. The Labute approximate surface area is 128 Å². The minimum Gasteiger partial charge on any atom is -0.302 e. The highest BCUT2D eigenvalue weighted by Crippen LogP contribution is 2.33. The van der Waals surface area contributed by atoms with E-state index in [1.165, 1.54) is 0 Å². The number of benzene rings is 1. The fraction of sp³-hybridized carbons (Fsp3) is 0.533. The van der Waals surface area contributed by atoms with Crippen molar-refractivity contribution in [1.29, 1.82) is 0 Å². The highest BCUT2D eigenvalue weighted by atomic mass is 35.5. The highest BCUT2D eigenvalue weighted by molar-refractivity contribution is 5.97. The maximum Gasteiger partial charge on any atom is 0.393 e. The van der Waals surface area contributed by atoms with Crippen LogP contribution >= 0.6 is 12.4 Å². The molecule has 0 aromatic heterocycles. The number of hydrogen-bond donors (Lipinski definition) is 0. The molecule has 0 spiro atoms. The summed E-state index contributed by atoms with van der Waals surface area (Å²) < 4.78 is 37.8. The Kier molecular flexibility index (Phi) is 6.23. The number of halogens is 4. The molecule has 2 unspecified atom stereocenters. The quantitative estimate of drug-likeness (QED) is 0.786. The Hall–Kier alpha value is -1.07. The standard InChI is InChI=1S/C15H18F3NO.ClH/c1-11(14(20)12-5-3-2-4-6-12)9-19-8-7-13(10-19)15(16,17)18;/h2-6,11,13H,7-10H2,1H3;1H. The van der Waals surface area contributed by atoms with Crippen LogP contribution in [-0.2, 0) is 0 Å². The van der Waals surface area contributed by atoms with Crippen molar-refractivity contribution in [2.45, 2.75) is 19.5 Å². The molecule has 1 aliphatic heterocycles. The topological polar surface area (TPSA) is 20.3 Å². The fourth-order valence-corrected chi connectivity index (χ4v) is 2.62. The van der Waals surface area contributed by atoms with Gasteiger partial charge in [0.15, 0.2) is 5.78 Å². The largest absolute Gasteiger partial charge is 0.393 e. The predicted molar refractivity (Wildman–Crippen MR) is 77.8 cm³/mol. The second-order valence-corrected chi connectivity index (χ2v) is 5.42. The second-order valence-electron chi connectivity index (χ2n) is 5.42. The van der Waals surface area contributed by atoms with E-state index in [2.05, 4.69) is 0 Å². The number of carbonyl (C=O) groups excluding carboxylic acids is 1. The van der Waals surface area contributed by atoms with Gasteiger partial charge in [0.2, 0.25) is 0 Å². The van der Waals surface area contributed by atoms with Gasteiger partial charge in [-0.05, 0) is 13.0 Å². The lowest BCUT2D eigenvalue weighted by molar-refractivity contribution is -0.170. The number of carbonyl (C=O) groups is 1. The zero-order valence-electron chi connectivity index (χ0n) is 11.8. The Balaban J connectivity index is 0.00000220. The number of nitrogens with zero attached hydrogens (tertiary/aromatic N) is 1. The molecular weight excluding hydrogens is 303 g/mol. The van der Waals surface area contributed by atoms with Crippen molar-refractivity contribution in [3.63, 3.8) is 0 Å². The Morgan fingerprint density at radius 1 is 1.33 bits per heavy atom. The van der Waals surface area contributed by atoms with E-state index in [1.54, 1.807) is 36.1 Å². The molecule has 1 aromatic rings. The fourth-order valence-electron chi connectivity index (χ4n) is 2.62. The van der Waals surface area contributed by atoms with Crippen LogP contribution in [0.25, 0.3) is 0 Å². The van der Waals surface area contributed by atoms with E-state index in [0.717, 1.165) is 0 Å². The van der Waals surface area contributed by atoms with Crippen LogP contribution in [0.15, 0.2) is 30.3 Å². The van der Waals surface area contributed by atoms with Gasteiger partial charge in [-0.25, -0.2) is 0 Å². The molecule has 0 saturated carbocycles. The highest BCUT2D eigenvalue weighted by Gasteiger charge is 2.43. The maximum absolute atomic E-state index is 12.6. The number of rotatable bonds is 4. The van der Waals surface area contributed by atoms with E-state index in [-0.39, 0.29) is 37.1 Å². The lowest BCUT2D eigenvalue weighted by Crippen LogP contribution is -2.32. The van der Waals surface area contributed by atoms with Crippen molar-refractivity contribution in [3.8, 4) is 0 Å². The number of hydrogen-bond acceptors (Lipinski definition) is 2. The SMILES string of the molecule is CC(CN1CCC(C(F)(F)F)C1)C(=O)c1ccccc1.Cl. The predicted octanol–water partition coefficient (Wildman–Crippen LogP) is 3.81. The van der Waals surface area contributed by atoms with Crippen LogP contribution in [0.5, 0.6) is 0 Å². The third-order valence-electron chi connectivity index (χ3n) is 3.77. The van der Waals surface area contributed by atoms with Crippen LogP contribution in [0.4, 0.5) is 13.2 Å². The van der Waals surface area contributed by atoms with Gasteiger partial charge in [-0.1, -0.05) is 37.3 Å². The molecule has 1 saturated heterocycles. The Bertz CT molecular complexity index is 464. The van der Waals surface area contributed by atoms with Crippen LogP contribution in [0.1, 0.15) is 23.7 Å². The monoisotopic (exact) mass is 321 g/mol. The summed E-state index contributed by atoms with van der Waals surface area (Å²) >= 11 is 0. The lowest BCUT2D eigenvalue weighted by atomic mass is 9.99. The summed E-state index contributed by atoms with van der Waals surface area (Å²) in [5.74, 6) is -1.55. The van der Waals surface area contributed by atoms with Crippen LogP contribution < -0.4 is 0 Å². The first-order valence-corrected chi connectivity index (χ1v) is 6.76. The Morgan fingerprint density at radius 2 is 1.95 bits per heavy atom. The van der Waals surface area contributed by atoms with Gasteiger partial charge in [-0.15, -0.1) is 12.4 Å². The minimum absolute atomic E-state index is 0. The zero-order chi connectivity index (χ0) is 14.8. The van der Waals surface area contributed by atoms with Gasteiger partial charge in [-0.3, -0.25) is 4.79 Å². The normalized spacial score (nSPS) is 20.9. The number of alkyl halides is 3. The van der Waals surface area contributed by atoms with E-state index in [1.807, 2.05) is 6.07 Å². The van der Waals surface area contributed by atoms with Crippen LogP contribution in [0.2, 0.25) is 0 Å². The first kappa shape index (κ1) is 18.0. The summed E-state index contributed by atoms with van der Waals surface area (Å²) in [6, 6.07) is 8.88. The van der Waals surface area contributed by atoms with Crippen LogP contribution in [0, 0.1) is 11.8 Å². The molecule has 2 nitrogen and oxygen atoms in total. The molecular formula is C15H19ClF3NO. The van der Waals surface area contributed by atoms with E-state index < -0.39 is 12.1 Å². The third kappa shape index (κ3) is 4.71. The van der Waals surface area contributed by atoms with Gasteiger partial charge in [0.05, 0.1) is 5.92 Å². The van der Waals surface area contributed by atoms with Gasteiger partial charge in [0, 0.05) is 24.6 Å². The Morgan fingerprint density at radius 3 is 2.48 bits per heavy atom. The molecule has 0 bridgehead atoms.